The number of rotatable bonds is 8. The molecule has 1 atom stereocenters. The minimum Gasteiger partial charge on any atom is -0.507 e. The van der Waals surface area contributed by atoms with Crippen molar-refractivity contribution in [3.63, 3.8) is 0 Å². The first kappa shape index (κ1) is 27.5. The van der Waals surface area contributed by atoms with Gasteiger partial charge in [0.05, 0.1) is 25.8 Å². The van der Waals surface area contributed by atoms with Crippen molar-refractivity contribution < 1.29 is 24.2 Å². The lowest BCUT2D eigenvalue weighted by Crippen LogP contribution is -2.29. The summed E-state index contributed by atoms with van der Waals surface area (Å²) >= 11 is 2.75. The number of hydrogen-bond acceptors (Lipinski definition) is 9. The van der Waals surface area contributed by atoms with Gasteiger partial charge in [-0.1, -0.05) is 95.9 Å². The van der Waals surface area contributed by atoms with Gasteiger partial charge in [-0.15, -0.1) is 10.2 Å². The minimum atomic E-state index is -0.900. The second-order valence-electron chi connectivity index (χ2n) is 9.43. The maximum atomic E-state index is 13.5. The number of fused-ring (bicyclic) bond motifs is 1. The van der Waals surface area contributed by atoms with Crippen LogP contribution >= 0.6 is 23.1 Å². The van der Waals surface area contributed by atoms with Crippen molar-refractivity contribution in [1.82, 2.24) is 10.2 Å². The highest BCUT2D eigenvalue weighted by Crippen LogP contribution is 2.44. The SMILES string of the molecule is COc1ccc(C(O)=C2C(=O)C(=O)N(c3nnc(SCc4cccc5ccccc45)s3)[C@@H]2c2ccccc2)cc1OC. The van der Waals surface area contributed by atoms with E-state index in [0.717, 1.165) is 10.9 Å². The van der Waals surface area contributed by atoms with Crippen LogP contribution in [-0.2, 0) is 15.3 Å². The zero-order valence-corrected chi connectivity index (χ0v) is 24.3. The molecule has 1 aromatic heterocycles. The third-order valence-corrected chi connectivity index (χ3v) is 9.15. The lowest BCUT2D eigenvalue weighted by Gasteiger charge is -2.22. The number of amides is 1. The Morgan fingerprint density at radius 2 is 1.64 bits per heavy atom. The van der Waals surface area contributed by atoms with Crippen LogP contribution in [0, 0.1) is 0 Å². The summed E-state index contributed by atoms with van der Waals surface area (Å²) in [7, 11) is 2.99. The van der Waals surface area contributed by atoms with Gasteiger partial charge in [0, 0.05) is 11.3 Å². The summed E-state index contributed by atoms with van der Waals surface area (Å²) in [6.07, 6.45) is 0. The van der Waals surface area contributed by atoms with Gasteiger partial charge >= 0.3 is 5.91 Å². The maximum absolute atomic E-state index is 13.5. The zero-order valence-electron chi connectivity index (χ0n) is 22.7. The smallest absolute Gasteiger partial charge is 0.301 e. The van der Waals surface area contributed by atoms with E-state index in [9.17, 15) is 14.7 Å². The minimum absolute atomic E-state index is 0.0430. The monoisotopic (exact) mass is 595 g/mol. The van der Waals surface area contributed by atoms with E-state index in [1.165, 1.54) is 47.6 Å². The van der Waals surface area contributed by atoms with E-state index in [4.69, 9.17) is 9.47 Å². The topological polar surface area (TPSA) is 102 Å². The van der Waals surface area contributed by atoms with Gasteiger partial charge in [-0.05, 0) is 40.1 Å². The van der Waals surface area contributed by atoms with Crippen LogP contribution in [0.4, 0.5) is 5.13 Å². The fraction of sp³-hybridized carbons (Fsp3) is 0.125. The van der Waals surface area contributed by atoms with E-state index in [0.29, 0.717) is 32.7 Å². The first-order chi connectivity index (χ1) is 20.5. The molecule has 1 amide bonds. The Morgan fingerprint density at radius 3 is 2.43 bits per heavy atom. The second-order valence-corrected chi connectivity index (χ2v) is 11.6. The molecule has 0 aliphatic carbocycles. The lowest BCUT2D eigenvalue weighted by atomic mass is 9.95. The molecule has 2 heterocycles. The Morgan fingerprint density at radius 1 is 0.905 bits per heavy atom. The van der Waals surface area contributed by atoms with Crippen LogP contribution in [0.15, 0.2) is 101 Å². The van der Waals surface area contributed by atoms with Gasteiger partial charge in [-0.25, -0.2) is 0 Å². The predicted molar refractivity (Wildman–Crippen MR) is 164 cm³/mol. The van der Waals surface area contributed by atoms with Crippen LogP contribution in [0.2, 0.25) is 0 Å². The molecule has 4 aromatic carbocycles. The number of anilines is 1. The first-order valence-corrected chi connectivity index (χ1v) is 14.8. The number of carbonyl (C=O) groups is 2. The van der Waals surface area contributed by atoms with Gasteiger partial charge in [-0.3, -0.25) is 14.5 Å². The van der Waals surface area contributed by atoms with Crippen LogP contribution in [0.1, 0.15) is 22.7 Å². The van der Waals surface area contributed by atoms with Crippen molar-refractivity contribution in [3.8, 4) is 11.5 Å². The number of benzene rings is 4. The van der Waals surface area contributed by atoms with Crippen molar-refractivity contribution in [2.75, 3.05) is 19.1 Å². The zero-order chi connectivity index (χ0) is 29.2. The second kappa shape index (κ2) is 11.7. The quantitative estimate of drug-likeness (QED) is 0.0702. The largest absolute Gasteiger partial charge is 0.507 e. The molecule has 1 aliphatic rings. The molecule has 5 aromatic rings. The van der Waals surface area contributed by atoms with Gasteiger partial charge in [0.1, 0.15) is 5.76 Å². The van der Waals surface area contributed by atoms with Crippen molar-refractivity contribution in [2.24, 2.45) is 0 Å². The molecule has 1 N–H and O–H groups in total. The van der Waals surface area contributed by atoms with E-state index in [1.54, 1.807) is 18.2 Å². The summed E-state index contributed by atoms with van der Waals surface area (Å²) in [5, 5.41) is 22.7. The van der Waals surface area contributed by atoms with Crippen LogP contribution in [0.25, 0.3) is 16.5 Å². The predicted octanol–water partition coefficient (Wildman–Crippen LogP) is 6.63. The molecule has 0 saturated carbocycles. The number of hydrogen-bond donors (Lipinski definition) is 1. The van der Waals surface area contributed by atoms with Crippen molar-refractivity contribution in [3.05, 3.63) is 113 Å². The number of aliphatic hydroxyl groups excluding tert-OH is 1. The molecule has 1 saturated heterocycles. The van der Waals surface area contributed by atoms with Gasteiger partial charge in [0.15, 0.2) is 15.8 Å². The van der Waals surface area contributed by atoms with E-state index < -0.39 is 17.7 Å². The highest BCUT2D eigenvalue weighted by Gasteiger charge is 2.48. The number of Topliss-reactive ketones (excluding diaryl/α,β-unsaturated/α-hetero) is 1. The van der Waals surface area contributed by atoms with Crippen LogP contribution in [0.3, 0.4) is 0 Å². The average molecular weight is 596 g/mol. The summed E-state index contributed by atoms with van der Waals surface area (Å²) in [6.45, 7) is 0. The molecule has 0 spiro atoms. The maximum Gasteiger partial charge on any atom is 0.301 e. The third kappa shape index (κ3) is 4.99. The molecule has 1 aliphatic heterocycles. The molecule has 0 radical (unpaired) electrons. The Balaban J connectivity index is 1.36. The highest BCUT2D eigenvalue weighted by molar-refractivity contribution is 8.00. The molecule has 210 valence electrons. The first-order valence-electron chi connectivity index (χ1n) is 13.0. The third-order valence-electron chi connectivity index (χ3n) is 7.05. The fourth-order valence-corrected chi connectivity index (χ4v) is 6.91. The van der Waals surface area contributed by atoms with Crippen LogP contribution in [-0.4, -0.2) is 41.2 Å². The number of thioether (sulfide) groups is 1. The van der Waals surface area contributed by atoms with Gasteiger partial charge < -0.3 is 14.6 Å². The fourth-order valence-electron chi connectivity index (χ4n) is 5.04. The molecular weight excluding hydrogens is 571 g/mol. The number of ether oxygens (including phenoxy) is 2. The molecule has 1 fully saturated rings. The molecule has 0 unspecified atom stereocenters. The molecule has 42 heavy (non-hydrogen) atoms. The number of aliphatic hydroxyl groups is 1. The normalized spacial score (nSPS) is 16.2. The summed E-state index contributed by atoms with van der Waals surface area (Å²) in [6, 6.07) is 27.4. The van der Waals surface area contributed by atoms with Crippen molar-refractivity contribution in [1.29, 1.82) is 0 Å². The van der Waals surface area contributed by atoms with Crippen LogP contribution in [0.5, 0.6) is 11.5 Å². The number of methoxy groups -OCH3 is 2. The Bertz CT molecular complexity index is 1830. The number of carbonyl (C=O) groups excluding carboxylic acids is 2. The molecule has 8 nitrogen and oxygen atoms in total. The molecule has 0 bridgehead atoms. The van der Waals surface area contributed by atoms with E-state index in [-0.39, 0.29) is 16.5 Å². The Hall–Kier alpha value is -4.67. The van der Waals surface area contributed by atoms with E-state index in [2.05, 4.69) is 34.5 Å². The van der Waals surface area contributed by atoms with E-state index in [1.807, 2.05) is 48.5 Å². The van der Waals surface area contributed by atoms with Gasteiger partial charge in [0.25, 0.3) is 5.78 Å². The number of ketones is 1. The van der Waals surface area contributed by atoms with Crippen molar-refractivity contribution in [2.45, 2.75) is 16.1 Å². The highest BCUT2D eigenvalue weighted by atomic mass is 32.2. The van der Waals surface area contributed by atoms with E-state index >= 15 is 0 Å². The molecule has 6 rings (SSSR count). The number of aromatic nitrogens is 2. The lowest BCUT2D eigenvalue weighted by molar-refractivity contribution is -0.132. The Labute approximate surface area is 250 Å². The van der Waals surface area contributed by atoms with Gasteiger partial charge in [0.2, 0.25) is 5.13 Å². The average Bonchev–Trinajstić information content (AvgIpc) is 3.61. The molecular formula is C32H25N3O5S2. The standard InChI is InChI=1S/C32H25N3O5S2/c1-39-24-16-15-21(17-25(24)40-2)28(36)26-27(20-10-4-3-5-11-20)35(30(38)29(26)37)31-33-34-32(42-31)41-18-22-13-8-12-19-9-6-7-14-23(19)22/h3-17,27,36H,18H2,1-2H3/t27-/m1/s1. The number of nitrogens with zero attached hydrogens (tertiary/aromatic N) is 3. The summed E-state index contributed by atoms with van der Waals surface area (Å²) in [5.74, 6) is -0.402. The summed E-state index contributed by atoms with van der Waals surface area (Å²) in [5.41, 5.74) is 2.09. The Kier molecular flexibility index (Phi) is 7.64. The summed E-state index contributed by atoms with van der Waals surface area (Å²) in [4.78, 5) is 28.3. The van der Waals surface area contributed by atoms with Crippen LogP contribution < -0.4 is 14.4 Å². The van der Waals surface area contributed by atoms with Crippen molar-refractivity contribution >= 4 is 56.5 Å². The molecule has 10 heteroatoms. The van der Waals surface area contributed by atoms with Gasteiger partial charge in [-0.2, -0.15) is 0 Å². The summed E-state index contributed by atoms with van der Waals surface area (Å²) < 4.78 is 11.3.